The molecule has 0 fully saturated rings. The molecule has 0 saturated heterocycles. The first-order chi connectivity index (χ1) is 43.5. The predicted molar refractivity (Wildman–Crippen MR) is 383 cm³/mol. The molecule has 0 atom stereocenters. The Morgan fingerprint density at radius 1 is 0.191 bits per heavy atom. The molecule has 428 valence electrons. The van der Waals surface area contributed by atoms with Gasteiger partial charge in [0, 0.05) is 65.3 Å². The molecule has 0 heterocycles. The van der Waals surface area contributed by atoms with Gasteiger partial charge >= 0.3 is 0 Å². The van der Waals surface area contributed by atoms with Gasteiger partial charge in [0.05, 0.1) is 34.1 Å². The molecule has 0 unspecified atom stereocenters. The van der Waals surface area contributed by atoms with E-state index in [1.165, 1.54) is 65.7 Å². The SMILES string of the molecule is Cc1ccc(N(c2ccc(P(=O)(c3ccc(N(c4ccc(C)c5ccccc45)c4ccc(C)c5ccccc45)cc3)c3ccc(N(c4ccc(C)c5ccccc45)c4ccc(C)c5ccccc45)cc3)cc2)c2ccc(C)c3ccccc23)c2ccccc12. The van der Waals surface area contributed by atoms with Gasteiger partial charge in [0.25, 0.3) is 0 Å². The normalized spacial score (nSPS) is 11.8. The summed E-state index contributed by atoms with van der Waals surface area (Å²) in [5.74, 6) is 0. The van der Waals surface area contributed by atoms with Crippen LogP contribution in [0.15, 0.2) is 291 Å². The molecule has 89 heavy (non-hydrogen) atoms. The Kier molecular flexibility index (Phi) is 13.8. The molecular formula is C84H66N3OP. The van der Waals surface area contributed by atoms with E-state index in [4.69, 9.17) is 0 Å². The Labute approximate surface area is 521 Å². The topological polar surface area (TPSA) is 26.8 Å². The maximum absolute atomic E-state index is 17.5. The van der Waals surface area contributed by atoms with Gasteiger partial charge in [0.1, 0.15) is 0 Å². The number of fused-ring (bicyclic) bond motifs is 6. The van der Waals surface area contributed by atoms with Crippen molar-refractivity contribution < 1.29 is 4.57 Å². The van der Waals surface area contributed by atoms with E-state index in [1.54, 1.807) is 0 Å². The molecule has 0 bridgehead atoms. The van der Waals surface area contributed by atoms with Gasteiger partial charge in [-0.1, -0.05) is 182 Å². The zero-order valence-corrected chi connectivity index (χ0v) is 51.8. The first-order valence-corrected chi connectivity index (χ1v) is 32.5. The molecule has 0 radical (unpaired) electrons. The summed E-state index contributed by atoms with van der Waals surface area (Å²) in [6.07, 6.45) is 0. The first kappa shape index (κ1) is 55.1. The molecule has 0 N–H and O–H groups in total. The smallest absolute Gasteiger partial charge is 0.171 e. The van der Waals surface area contributed by atoms with Crippen LogP contribution in [0.25, 0.3) is 64.6 Å². The van der Waals surface area contributed by atoms with Crippen LogP contribution in [0.2, 0.25) is 0 Å². The Bertz CT molecular complexity index is 4540. The van der Waals surface area contributed by atoms with E-state index in [0.29, 0.717) is 0 Å². The van der Waals surface area contributed by atoms with Crippen molar-refractivity contribution in [2.75, 3.05) is 14.7 Å². The molecule has 4 nitrogen and oxygen atoms in total. The number of aryl methyl sites for hydroxylation is 6. The van der Waals surface area contributed by atoms with E-state index < -0.39 is 7.14 Å². The minimum atomic E-state index is -3.69. The molecule has 0 saturated carbocycles. The zero-order chi connectivity index (χ0) is 60.5. The maximum Gasteiger partial charge on any atom is 0.171 e. The summed E-state index contributed by atoms with van der Waals surface area (Å²) in [5.41, 5.74) is 16.6. The molecule has 15 aromatic carbocycles. The van der Waals surface area contributed by atoms with Crippen molar-refractivity contribution in [2.24, 2.45) is 0 Å². The van der Waals surface area contributed by atoms with Crippen molar-refractivity contribution in [3.05, 3.63) is 325 Å². The van der Waals surface area contributed by atoms with Crippen LogP contribution >= 0.6 is 7.14 Å². The van der Waals surface area contributed by atoms with Gasteiger partial charge in [-0.3, -0.25) is 0 Å². The highest BCUT2D eigenvalue weighted by Gasteiger charge is 2.32. The third-order valence-corrected chi connectivity index (χ3v) is 21.7. The fourth-order valence-corrected chi connectivity index (χ4v) is 16.5. The van der Waals surface area contributed by atoms with Crippen LogP contribution in [0.4, 0.5) is 51.2 Å². The standard InChI is InChI=1S/C84H66N3OP/c1-55-31-49-79(73-25-13-7-19-67(55)73)85(80-50-32-56(2)68-20-8-14-26-74(68)80)61-37-43-64(44-38-61)89(88,65-45-39-62(40-46-65)86(81-51-33-57(3)69-21-9-15-27-75(69)81)82-52-34-58(4)70-22-10-16-28-76(70)82)66-47-41-63(42-48-66)87(83-53-35-59(5)71-23-11-17-29-77(71)83)84-54-36-60(6)72-24-12-18-30-78(72)84/h7-54H,1-6H3. The largest absolute Gasteiger partial charge is 0.309 e. The Hall–Kier alpha value is -10.5. The van der Waals surface area contributed by atoms with E-state index in [9.17, 15) is 0 Å². The molecule has 5 heteroatoms. The average molecular weight is 1160 g/mol. The number of benzene rings is 15. The van der Waals surface area contributed by atoms with Crippen molar-refractivity contribution in [2.45, 2.75) is 41.5 Å². The van der Waals surface area contributed by atoms with Crippen LogP contribution in [-0.2, 0) is 4.57 Å². The van der Waals surface area contributed by atoms with Gasteiger partial charge in [-0.25, -0.2) is 0 Å². The van der Waals surface area contributed by atoms with Crippen LogP contribution in [0.1, 0.15) is 33.4 Å². The van der Waals surface area contributed by atoms with Crippen molar-refractivity contribution in [1.82, 2.24) is 0 Å². The van der Waals surface area contributed by atoms with Crippen LogP contribution < -0.4 is 30.6 Å². The Morgan fingerprint density at radius 2 is 0.348 bits per heavy atom. The van der Waals surface area contributed by atoms with E-state index in [1.807, 2.05) is 0 Å². The van der Waals surface area contributed by atoms with Crippen molar-refractivity contribution in [1.29, 1.82) is 0 Å². The van der Waals surface area contributed by atoms with Gasteiger partial charge in [0.2, 0.25) is 0 Å². The number of hydrogen-bond acceptors (Lipinski definition) is 4. The highest BCUT2D eigenvalue weighted by atomic mass is 31.2. The lowest BCUT2D eigenvalue weighted by atomic mass is 9.99. The summed E-state index contributed by atoms with van der Waals surface area (Å²) in [6.45, 7) is 13.1. The molecule has 0 spiro atoms. The van der Waals surface area contributed by atoms with E-state index in [-0.39, 0.29) is 0 Å². The molecule has 0 aromatic heterocycles. The summed E-state index contributed by atoms with van der Waals surface area (Å²) >= 11 is 0. The minimum absolute atomic E-state index is 0.737. The summed E-state index contributed by atoms with van der Waals surface area (Å²) < 4.78 is 17.5. The van der Waals surface area contributed by atoms with Gasteiger partial charge in [0.15, 0.2) is 7.14 Å². The fourth-order valence-electron chi connectivity index (χ4n) is 13.9. The molecule has 0 amide bonds. The Balaban J connectivity index is 0.930. The number of hydrogen-bond donors (Lipinski definition) is 0. The summed E-state index contributed by atoms with van der Waals surface area (Å²) in [4.78, 5) is 7.16. The summed E-state index contributed by atoms with van der Waals surface area (Å²) in [7, 11) is -3.69. The second-order valence-electron chi connectivity index (χ2n) is 23.8. The lowest BCUT2D eigenvalue weighted by Gasteiger charge is -2.30. The van der Waals surface area contributed by atoms with Crippen LogP contribution in [0, 0.1) is 41.5 Å². The monoisotopic (exact) mass is 1160 g/mol. The lowest BCUT2D eigenvalue weighted by Crippen LogP contribution is -2.26. The van der Waals surface area contributed by atoms with Gasteiger partial charge < -0.3 is 19.3 Å². The third-order valence-electron chi connectivity index (χ3n) is 18.6. The van der Waals surface area contributed by atoms with Crippen LogP contribution in [0.5, 0.6) is 0 Å². The van der Waals surface area contributed by atoms with E-state index >= 15 is 4.57 Å². The minimum Gasteiger partial charge on any atom is -0.309 e. The molecule has 0 aliphatic rings. The zero-order valence-electron chi connectivity index (χ0n) is 50.9. The maximum atomic E-state index is 17.5. The lowest BCUT2D eigenvalue weighted by molar-refractivity contribution is 0.592. The van der Waals surface area contributed by atoms with Crippen LogP contribution in [-0.4, -0.2) is 0 Å². The van der Waals surface area contributed by atoms with Crippen LogP contribution in [0.3, 0.4) is 0 Å². The number of nitrogens with zero attached hydrogens (tertiary/aromatic N) is 3. The molecule has 0 aliphatic heterocycles. The van der Waals surface area contributed by atoms with Crippen molar-refractivity contribution in [3.63, 3.8) is 0 Å². The quantitative estimate of drug-likeness (QED) is 0.114. The fraction of sp³-hybridized carbons (Fsp3) is 0.0714. The average Bonchev–Trinajstić information content (AvgIpc) is 1.17. The first-order valence-electron chi connectivity index (χ1n) is 30.8. The van der Waals surface area contributed by atoms with E-state index in [0.717, 1.165) is 99.4 Å². The third kappa shape index (κ3) is 9.34. The van der Waals surface area contributed by atoms with Crippen molar-refractivity contribution >= 4 is 139 Å². The second kappa shape index (κ2) is 22.3. The summed E-state index contributed by atoms with van der Waals surface area (Å²) in [6, 6.07) is 105. The highest BCUT2D eigenvalue weighted by Crippen LogP contribution is 2.50. The molecule has 15 rings (SSSR count). The molecular weight excluding hydrogens is 1100 g/mol. The van der Waals surface area contributed by atoms with Gasteiger partial charge in [-0.15, -0.1) is 0 Å². The molecule has 0 aliphatic carbocycles. The predicted octanol–water partition coefficient (Wildman–Crippen LogP) is 22.5. The summed E-state index contributed by atoms with van der Waals surface area (Å²) in [5, 5.41) is 16.4. The van der Waals surface area contributed by atoms with Gasteiger partial charge in [-0.05, 0) is 216 Å². The highest BCUT2D eigenvalue weighted by molar-refractivity contribution is 7.85. The van der Waals surface area contributed by atoms with Crippen molar-refractivity contribution in [3.8, 4) is 0 Å². The number of anilines is 9. The second-order valence-corrected chi connectivity index (χ2v) is 26.6. The number of rotatable bonds is 12. The van der Waals surface area contributed by atoms with Gasteiger partial charge in [-0.2, -0.15) is 0 Å². The Morgan fingerprint density at radius 3 is 0.517 bits per heavy atom. The van der Waals surface area contributed by atoms with E-state index in [2.05, 4.69) is 347 Å². The molecule has 15 aromatic rings.